The molecule has 1 aromatic rings. The molecule has 0 saturated heterocycles. The molecule has 0 heterocycles. The van der Waals surface area contributed by atoms with Crippen LogP contribution >= 0.6 is 15.9 Å². The summed E-state index contributed by atoms with van der Waals surface area (Å²) in [6.45, 7) is 4.02. The highest BCUT2D eigenvalue weighted by atomic mass is 79.9. The van der Waals surface area contributed by atoms with Gasteiger partial charge in [0, 0.05) is 17.6 Å². The third kappa shape index (κ3) is 4.23. The van der Waals surface area contributed by atoms with E-state index in [0.717, 1.165) is 12.8 Å². The van der Waals surface area contributed by atoms with Crippen molar-refractivity contribution in [2.75, 3.05) is 12.4 Å². The Morgan fingerprint density at radius 2 is 2.10 bits per heavy atom. The van der Waals surface area contributed by atoms with Crippen LogP contribution in [0.25, 0.3) is 0 Å². The number of benzene rings is 1. The fraction of sp³-hybridized carbons (Fsp3) is 0.429. The molecule has 0 aliphatic heterocycles. The summed E-state index contributed by atoms with van der Waals surface area (Å²) in [4.78, 5) is 24.8. The van der Waals surface area contributed by atoms with Crippen LogP contribution in [0.15, 0.2) is 22.7 Å². The molecule has 1 aromatic carbocycles. The van der Waals surface area contributed by atoms with Crippen molar-refractivity contribution in [2.45, 2.75) is 32.7 Å². The molecular formula is C14H19BrN2O3. The molecule has 6 heteroatoms. The van der Waals surface area contributed by atoms with E-state index in [-0.39, 0.29) is 23.3 Å². The molecule has 0 aromatic heterocycles. The van der Waals surface area contributed by atoms with Crippen molar-refractivity contribution in [3.8, 4) is 0 Å². The first-order valence-electron chi connectivity index (χ1n) is 6.43. The SMILES string of the molecule is CCCC(C)N(C)C(=O)Nc1cc(Br)ccc1C(=O)O. The molecule has 0 saturated carbocycles. The summed E-state index contributed by atoms with van der Waals surface area (Å²) in [6, 6.07) is 4.45. The number of urea groups is 1. The minimum atomic E-state index is -1.07. The Balaban J connectivity index is 2.90. The fourth-order valence-electron chi connectivity index (χ4n) is 1.82. The van der Waals surface area contributed by atoms with Crippen molar-refractivity contribution in [2.24, 2.45) is 0 Å². The number of carboxylic acids is 1. The van der Waals surface area contributed by atoms with Crippen molar-refractivity contribution in [3.63, 3.8) is 0 Å². The van der Waals surface area contributed by atoms with Crippen LogP contribution in [0.1, 0.15) is 37.0 Å². The molecule has 1 unspecified atom stereocenters. The average Bonchev–Trinajstić information content (AvgIpc) is 2.37. The summed E-state index contributed by atoms with van der Waals surface area (Å²) in [5.41, 5.74) is 0.352. The van der Waals surface area contributed by atoms with E-state index in [1.807, 2.05) is 6.92 Å². The average molecular weight is 343 g/mol. The van der Waals surface area contributed by atoms with Gasteiger partial charge in [-0.3, -0.25) is 0 Å². The highest BCUT2D eigenvalue weighted by molar-refractivity contribution is 9.10. The molecule has 2 amide bonds. The van der Waals surface area contributed by atoms with Gasteiger partial charge in [-0.05, 0) is 31.5 Å². The molecule has 0 aliphatic rings. The molecule has 1 rings (SSSR count). The summed E-state index contributed by atoms with van der Waals surface area (Å²) in [7, 11) is 1.70. The summed E-state index contributed by atoms with van der Waals surface area (Å²) >= 11 is 3.27. The van der Waals surface area contributed by atoms with Gasteiger partial charge >= 0.3 is 12.0 Å². The van der Waals surface area contributed by atoms with Crippen LogP contribution in [-0.2, 0) is 0 Å². The number of nitrogens with one attached hydrogen (secondary N) is 1. The Bertz CT molecular complexity index is 505. The first kappa shape index (κ1) is 16.5. The maximum atomic E-state index is 12.1. The molecule has 110 valence electrons. The van der Waals surface area contributed by atoms with Crippen LogP contribution in [0.3, 0.4) is 0 Å². The van der Waals surface area contributed by atoms with Crippen LogP contribution < -0.4 is 5.32 Å². The third-order valence-electron chi connectivity index (χ3n) is 3.14. The van der Waals surface area contributed by atoms with E-state index in [2.05, 4.69) is 28.2 Å². The van der Waals surface area contributed by atoms with Crippen molar-refractivity contribution in [1.29, 1.82) is 0 Å². The molecule has 0 bridgehead atoms. The fourth-order valence-corrected chi connectivity index (χ4v) is 2.18. The summed E-state index contributed by atoms with van der Waals surface area (Å²) in [5, 5.41) is 11.8. The van der Waals surface area contributed by atoms with Gasteiger partial charge < -0.3 is 15.3 Å². The molecule has 20 heavy (non-hydrogen) atoms. The van der Waals surface area contributed by atoms with Crippen LogP contribution in [0.4, 0.5) is 10.5 Å². The summed E-state index contributed by atoms with van der Waals surface area (Å²) in [6.07, 6.45) is 1.88. The number of amides is 2. The summed E-state index contributed by atoms with van der Waals surface area (Å²) < 4.78 is 0.710. The number of halogens is 1. The number of aromatic carboxylic acids is 1. The minimum Gasteiger partial charge on any atom is -0.478 e. The zero-order valence-electron chi connectivity index (χ0n) is 11.8. The lowest BCUT2D eigenvalue weighted by Crippen LogP contribution is -2.38. The second-order valence-corrected chi connectivity index (χ2v) is 5.59. The van der Waals surface area contributed by atoms with Crippen LogP contribution in [-0.4, -0.2) is 35.1 Å². The highest BCUT2D eigenvalue weighted by Gasteiger charge is 2.18. The van der Waals surface area contributed by atoms with Crippen molar-refractivity contribution in [3.05, 3.63) is 28.2 Å². The van der Waals surface area contributed by atoms with Gasteiger partial charge in [-0.2, -0.15) is 0 Å². The van der Waals surface area contributed by atoms with Crippen molar-refractivity contribution < 1.29 is 14.7 Å². The maximum Gasteiger partial charge on any atom is 0.337 e. The van der Waals surface area contributed by atoms with Crippen molar-refractivity contribution in [1.82, 2.24) is 4.90 Å². The first-order valence-corrected chi connectivity index (χ1v) is 7.22. The van der Waals surface area contributed by atoms with Gasteiger partial charge in [0.1, 0.15) is 0 Å². The Morgan fingerprint density at radius 3 is 2.65 bits per heavy atom. The number of carbonyl (C=O) groups is 2. The van der Waals surface area contributed by atoms with E-state index >= 15 is 0 Å². The first-order chi connectivity index (χ1) is 9.36. The van der Waals surface area contributed by atoms with Gasteiger partial charge in [0.2, 0.25) is 0 Å². The number of carboxylic acid groups (broad SMARTS) is 1. The van der Waals surface area contributed by atoms with E-state index in [4.69, 9.17) is 5.11 Å². The minimum absolute atomic E-state index is 0.0677. The second kappa shape index (κ2) is 7.28. The molecule has 0 fully saturated rings. The van der Waals surface area contributed by atoms with E-state index in [1.165, 1.54) is 6.07 Å². The quantitative estimate of drug-likeness (QED) is 0.854. The topological polar surface area (TPSA) is 69.6 Å². The molecule has 0 radical (unpaired) electrons. The Morgan fingerprint density at radius 1 is 1.45 bits per heavy atom. The van der Waals surface area contributed by atoms with Crippen LogP contribution in [0.5, 0.6) is 0 Å². The molecule has 0 aliphatic carbocycles. The van der Waals surface area contributed by atoms with Gasteiger partial charge in [-0.25, -0.2) is 9.59 Å². The standard InChI is InChI=1S/C14H19BrN2O3/c1-4-5-9(2)17(3)14(20)16-12-8-10(15)6-7-11(12)13(18)19/h6-9H,4-5H2,1-3H3,(H,16,20)(H,18,19). The monoisotopic (exact) mass is 342 g/mol. The number of hydrogen-bond acceptors (Lipinski definition) is 2. The second-order valence-electron chi connectivity index (χ2n) is 4.67. The predicted octanol–water partition coefficient (Wildman–Crippen LogP) is 3.80. The van der Waals surface area contributed by atoms with E-state index in [9.17, 15) is 9.59 Å². The van der Waals surface area contributed by atoms with Gasteiger partial charge in [0.25, 0.3) is 0 Å². The molecular weight excluding hydrogens is 324 g/mol. The highest BCUT2D eigenvalue weighted by Crippen LogP contribution is 2.22. The van der Waals surface area contributed by atoms with Crippen LogP contribution in [0.2, 0.25) is 0 Å². The maximum absolute atomic E-state index is 12.1. The normalized spacial score (nSPS) is 11.8. The van der Waals surface area contributed by atoms with E-state index in [0.29, 0.717) is 4.47 Å². The predicted molar refractivity (Wildman–Crippen MR) is 82.3 cm³/mol. The number of carbonyl (C=O) groups excluding carboxylic acids is 1. The molecule has 5 nitrogen and oxygen atoms in total. The number of anilines is 1. The Labute approximate surface area is 127 Å². The Hall–Kier alpha value is -1.56. The lowest BCUT2D eigenvalue weighted by Gasteiger charge is -2.25. The molecule has 0 spiro atoms. The van der Waals surface area contributed by atoms with Gasteiger partial charge in [0.15, 0.2) is 0 Å². The third-order valence-corrected chi connectivity index (χ3v) is 3.63. The summed E-state index contributed by atoms with van der Waals surface area (Å²) in [5.74, 6) is -1.07. The zero-order valence-corrected chi connectivity index (χ0v) is 13.4. The molecule has 1 atom stereocenters. The van der Waals surface area contributed by atoms with E-state index in [1.54, 1.807) is 24.1 Å². The Kier molecular flexibility index (Phi) is 6.01. The number of nitrogens with zero attached hydrogens (tertiary/aromatic N) is 1. The smallest absolute Gasteiger partial charge is 0.337 e. The van der Waals surface area contributed by atoms with Gasteiger partial charge in [-0.15, -0.1) is 0 Å². The van der Waals surface area contributed by atoms with Gasteiger partial charge in [0.05, 0.1) is 11.3 Å². The number of rotatable bonds is 5. The van der Waals surface area contributed by atoms with E-state index < -0.39 is 5.97 Å². The number of hydrogen-bond donors (Lipinski definition) is 2. The lowest BCUT2D eigenvalue weighted by atomic mass is 10.1. The van der Waals surface area contributed by atoms with Crippen molar-refractivity contribution >= 4 is 33.6 Å². The largest absolute Gasteiger partial charge is 0.478 e. The molecule has 2 N–H and O–H groups in total. The van der Waals surface area contributed by atoms with Gasteiger partial charge in [-0.1, -0.05) is 29.3 Å². The van der Waals surface area contributed by atoms with Crippen LogP contribution in [0, 0.1) is 0 Å². The lowest BCUT2D eigenvalue weighted by molar-refractivity contribution is 0.0698. The zero-order chi connectivity index (χ0) is 15.3.